The molecule has 0 saturated carbocycles. The van der Waals surface area contributed by atoms with Crippen LogP contribution in [-0.2, 0) is 0 Å². The van der Waals surface area contributed by atoms with Gasteiger partial charge in [-0.2, -0.15) is 0 Å². The third-order valence-corrected chi connectivity index (χ3v) is 21.3. The number of benzene rings is 17. The first kappa shape index (κ1) is 66.2. The minimum absolute atomic E-state index is 1.21. The fourth-order valence-electron chi connectivity index (χ4n) is 16.2. The molecular weight excluding hydrogens is 1310 g/mol. The Balaban J connectivity index is 0.0000000954. The largest absolute Gasteiger partial charge is 0.309 e. The lowest BCUT2D eigenvalue weighted by Crippen LogP contribution is -1.94. The molecule has 5 aromatic heterocycles. The molecule has 0 aliphatic rings. The van der Waals surface area contributed by atoms with Gasteiger partial charge >= 0.3 is 0 Å². The van der Waals surface area contributed by atoms with Crippen molar-refractivity contribution < 1.29 is 0 Å². The highest BCUT2D eigenvalue weighted by Gasteiger charge is 2.19. The van der Waals surface area contributed by atoms with Crippen LogP contribution in [0.25, 0.3) is 159 Å². The summed E-state index contributed by atoms with van der Waals surface area (Å²) in [5, 5.41) is 18.3. The van der Waals surface area contributed by atoms with E-state index in [1.54, 1.807) is 0 Å². The lowest BCUT2D eigenvalue weighted by Gasteiger charge is -2.10. The number of hydrogen-bond donors (Lipinski definition) is 0. The van der Waals surface area contributed by atoms with Gasteiger partial charge in [-0.3, -0.25) is 0 Å². The molecule has 516 valence electrons. The lowest BCUT2D eigenvalue weighted by molar-refractivity contribution is 1.17. The minimum atomic E-state index is 1.21. The van der Waals surface area contributed by atoms with Crippen LogP contribution in [0.5, 0.6) is 0 Å². The van der Waals surface area contributed by atoms with E-state index in [4.69, 9.17) is 0 Å². The molecule has 17 aromatic carbocycles. The summed E-state index contributed by atoms with van der Waals surface area (Å²) in [5.74, 6) is 0. The van der Waals surface area contributed by atoms with Crippen LogP contribution < -0.4 is 0 Å². The molecule has 5 heteroatoms. The third-order valence-electron chi connectivity index (χ3n) is 21.3. The van der Waals surface area contributed by atoms with Gasteiger partial charge in [-0.15, -0.1) is 0 Å². The maximum Gasteiger partial charge on any atom is 0.0619 e. The number of para-hydroxylation sites is 8. The second-order valence-electron chi connectivity index (χ2n) is 28.4. The van der Waals surface area contributed by atoms with Gasteiger partial charge in [0.05, 0.1) is 55.2 Å². The average molecular weight is 1390 g/mol. The second-order valence-corrected chi connectivity index (χ2v) is 28.4. The Morgan fingerprint density at radius 1 is 0.148 bits per heavy atom. The van der Waals surface area contributed by atoms with Crippen LogP contribution in [0.4, 0.5) is 0 Å². The summed E-state index contributed by atoms with van der Waals surface area (Å²) in [6.45, 7) is 10.7. The zero-order valence-electron chi connectivity index (χ0n) is 61.2. The van der Waals surface area contributed by atoms with E-state index in [2.05, 4.69) is 446 Å². The number of rotatable bonds is 5. The van der Waals surface area contributed by atoms with E-state index in [9.17, 15) is 0 Å². The molecule has 108 heavy (non-hydrogen) atoms. The van der Waals surface area contributed by atoms with Crippen LogP contribution in [-0.4, -0.2) is 22.8 Å². The van der Waals surface area contributed by atoms with Gasteiger partial charge in [0.2, 0.25) is 0 Å². The Hall–Kier alpha value is -13.7. The maximum absolute atomic E-state index is 2.40. The van der Waals surface area contributed by atoms with E-state index in [0.717, 1.165) is 0 Å². The standard InChI is InChI=1S/2C23H17N.3C19H15N/c1-16-10-13-18(14-11-16)24-22-9-5-4-8-20(22)21-15-12-17-6-2-3-7-19(17)23(21)24;1-16-10-13-18(14-11-16)24-21-9-5-4-8-20(21)23-19-7-3-2-6-17(19)12-15-22(23)24;1-14-10-12-15(13-11-14)20-18-8-4-2-6-16(18)17-7-3-5-9-19(17)20;1-14-11-12-19-17(13-14)16-9-5-6-10-18(16)20(19)15-7-3-2-4-8-15;1-14-11-12-17-16-9-5-6-10-18(16)20(19(17)13-14)15-7-3-2-4-8-15/h2*2-15H,1H3;3*2-13H,1H3. The topological polar surface area (TPSA) is 24.6 Å². The SMILES string of the molecule is Cc1ccc(-n2c3ccccc3c3c4ccccc4ccc32)cc1.Cc1ccc(-n2c3ccccc3c3ccc4ccccc4c32)cc1.Cc1ccc(-n2c3ccccc3c3ccccc32)cc1.Cc1ccc2c(c1)c1ccccc1n2-c1ccccc1.Cc1ccc2c3ccccc3n(-c3ccccc3)c2c1. The molecular formula is C103H79N5. The van der Waals surface area contributed by atoms with Crippen LogP contribution in [0.1, 0.15) is 27.8 Å². The molecule has 0 fully saturated rings. The smallest absolute Gasteiger partial charge is 0.0619 e. The van der Waals surface area contributed by atoms with Gasteiger partial charge in [-0.25, -0.2) is 0 Å². The summed E-state index contributed by atoms with van der Waals surface area (Å²) in [4.78, 5) is 0. The molecule has 5 heterocycles. The number of aromatic nitrogens is 5. The van der Waals surface area contributed by atoms with Crippen molar-refractivity contribution in [1.29, 1.82) is 0 Å². The molecule has 0 amide bonds. The molecule has 0 bridgehead atoms. The number of hydrogen-bond acceptors (Lipinski definition) is 0. The highest BCUT2D eigenvalue weighted by Crippen LogP contribution is 2.41. The maximum atomic E-state index is 2.40. The molecule has 0 unspecified atom stereocenters. The fourth-order valence-corrected chi connectivity index (χ4v) is 16.2. The van der Waals surface area contributed by atoms with E-state index in [-0.39, 0.29) is 0 Å². The van der Waals surface area contributed by atoms with Gasteiger partial charge in [0.1, 0.15) is 0 Å². The zero-order chi connectivity index (χ0) is 72.8. The minimum Gasteiger partial charge on any atom is -0.309 e. The van der Waals surface area contributed by atoms with Crippen molar-refractivity contribution in [3.63, 3.8) is 0 Å². The van der Waals surface area contributed by atoms with E-state index < -0.39 is 0 Å². The van der Waals surface area contributed by atoms with E-state index in [1.807, 2.05) is 0 Å². The van der Waals surface area contributed by atoms with Crippen molar-refractivity contribution in [3.8, 4) is 28.4 Å². The summed E-state index contributed by atoms with van der Waals surface area (Å²) in [6.07, 6.45) is 0. The first-order valence-electron chi connectivity index (χ1n) is 37.3. The normalized spacial score (nSPS) is 11.4. The second kappa shape index (κ2) is 28.4. The van der Waals surface area contributed by atoms with Crippen molar-refractivity contribution in [2.75, 3.05) is 0 Å². The quantitative estimate of drug-likeness (QED) is 0.164. The van der Waals surface area contributed by atoms with Crippen LogP contribution >= 0.6 is 0 Å². The molecule has 22 rings (SSSR count). The monoisotopic (exact) mass is 1390 g/mol. The Morgan fingerprint density at radius 2 is 0.426 bits per heavy atom. The van der Waals surface area contributed by atoms with Gasteiger partial charge < -0.3 is 22.8 Å². The molecule has 0 aliphatic heterocycles. The highest BCUT2D eigenvalue weighted by atomic mass is 15.0. The fraction of sp³-hybridized carbons (Fsp3) is 0.0485. The van der Waals surface area contributed by atoms with Crippen LogP contribution in [0.15, 0.2) is 388 Å². The molecule has 0 radical (unpaired) electrons. The van der Waals surface area contributed by atoms with Crippen LogP contribution in [0, 0.1) is 34.6 Å². The first-order chi connectivity index (χ1) is 53.2. The van der Waals surface area contributed by atoms with Crippen LogP contribution in [0.2, 0.25) is 0 Å². The molecule has 22 aromatic rings. The first-order valence-corrected chi connectivity index (χ1v) is 37.3. The third kappa shape index (κ3) is 12.1. The zero-order valence-corrected chi connectivity index (χ0v) is 61.2. The predicted octanol–water partition coefficient (Wildman–Crippen LogP) is 27.8. The van der Waals surface area contributed by atoms with E-state index >= 15 is 0 Å². The molecule has 0 N–H and O–H groups in total. The van der Waals surface area contributed by atoms with Crippen molar-refractivity contribution in [3.05, 3.63) is 416 Å². The molecule has 0 saturated heterocycles. The molecule has 5 nitrogen and oxygen atoms in total. The van der Waals surface area contributed by atoms with Crippen molar-refractivity contribution >= 4 is 131 Å². The number of nitrogens with zero attached hydrogens (tertiary/aromatic N) is 5. The van der Waals surface area contributed by atoms with E-state index in [0.29, 0.717) is 0 Å². The summed E-state index contributed by atoms with van der Waals surface area (Å²) in [6, 6.07) is 139. The van der Waals surface area contributed by atoms with Crippen molar-refractivity contribution in [1.82, 2.24) is 22.8 Å². The summed E-state index contributed by atoms with van der Waals surface area (Å²) < 4.78 is 11.8. The van der Waals surface area contributed by atoms with Gasteiger partial charge in [0.25, 0.3) is 0 Å². The predicted molar refractivity (Wildman–Crippen MR) is 463 cm³/mol. The van der Waals surface area contributed by atoms with Gasteiger partial charge in [-0.05, 0) is 178 Å². The molecule has 0 spiro atoms. The van der Waals surface area contributed by atoms with Gasteiger partial charge in [0, 0.05) is 87.7 Å². The summed E-state index contributed by atoms with van der Waals surface area (Å²) in [5.41, 5.74) is 25.2. The summed E-state index contributed by atoms with van der Waals surface area (Å²) in [7, 11) is 0. The van der Waals surface area contributed by atoms with Gasteiger partial charge in [0.15, 0.2) is 0 Å². The van der Waals surface area contributed by atoms with Crippen molar-refractivity contribution in [2.24, 2.45) is 0 Å². The Kier molecular flexibility index (Phi) is 17.4. The Morgan fingerprint density at radius 3 is 0.917 bits per heavy atom. The molecule has 0 aliphatic carbocycles. The lowest BCUT2D eigenvalue weighted by atomic mass is 10.0. The van der Waals surface area contributed by atoms with Gasteiger partial charge in [-0.1, -0.05) is 289 Å². The number of fused-ring (bicyclic) bond motifs is 19. The molecule has 0 atom stereocenters. The van der Waals surface area contributed by atoms with E-state index in [1.165, 1.54) is 187 Å². The Labute approximate surface area is 628 Å². The van der Waals surface area contributed by atoms with Crippen molar-refractivity contribution in [2.45, 2.75) is 34.6 Å². The summed E-state index contributed by atoms with van der Waals surface area (Å²) >= 11 is 0. The number of aryl methyl sites for hydroxylation is 5. The average Bonchev–Trinajstić information content (AvgIpc) is 1.60. The highest BCUT2D eigenvalue weighted by molar-refractivity contribution is 6.22. The Bertz CT molecular complexity index is 7000. The van der Waals surface area contributed by atoms with Crippen LogP contribution in [0.3, 0.4) is 0 Å².